The summed E-state index contributed by atoms with van der Waals surface area (Å²) in [6.07, 6.45) is 0. The molecule has 0 saturated carbocycles. The summed E-state index contributed by atoms with van der Waals surface area (Å²) in [7, 11) is -22.4. The average Bonchev–Trinajstić information content (AvgIpc) is 1.62. The molecule has 0 fully saturated rings. The van der Waals surface area contributed by atoms with Gasteiger partial charge in [0.25, 0.3) is 0 Å². The molecule has 0 amide bonds. The molecule has 0 heterocycles. The predicted octanol–water partition coefficient (Wildman–Crippen LogP) is -34.1. The molecule has 0 atom stereocenters. The Labute approximate surface area is 356 Å². The molecule has 0 aromatic carbocycles. The predicted molar refractivity (Wildman–Crippen MR) is 46.0 cm³/mol. The molecular formula is Al4K3NaO16Si4. The van der Waals surface area contributed by atoms with Crippen molar-refractivity contribution in [2.45, 2.75) is 0 Å². The third-order valence-electron chi connectivity index (χ3n) is 0. The van der Waals surface area contributed by atoms with E-state index in [0.29, 0.717) is 0 Å². The van der Waals surface area contributed by atoms with Gasteiger partial charge in [-0.3, -0.25) is 0 Å². The Morgan fingerprint density at radius 2 is 0.250 bits per heavy atom. The molecule has 16 nitrogen and oxygen atoms in total. The van der Waals surface area contributed by atoms with Crippen molar-refractivity contribution in [3.05, 3.63) is 0 Å². The van der Waals surface area contributed by atoms with Gasteiger partial charge in [-0.2, -0.15) is 0 Å². The maximum atomic E-state index is 8.58. The van der Waals surface area contributed by atoms with Gasteiger partial charge in [0.1, 0.15) is 0 Å². The third-order valence-corrected chi connectivity index (χ3v) is 0. The molecule has 0 unspecified atom stereocenters. The first-order valence-electron chi connectivity index (χ1n) is 3.27. The van der Waals surface area contributed by atoms with E-state index >= 15 is 0 Å². The molecule has 0 N–H and O–H groups in total. The molecule has 0 rings (SSSR count). The summed E-state index contributed by atoms with van der Waals surface area (Å²) in [5.41, 5.74) is 0. The van der Waals surface area contributed by atoms with E-state index in [0.717, 1.165) is 0 Å². The average molecular weight is 617 g/mol. The Balaban J connectivity index is -0.0000000111. The molecule has 0 aliphatic heterocycles. The fourth-order valence-electron chi connectivity index (χ4n) is 0. The van der Waals surface area contributed by atoms with Gasteiger partial charge >= 0.3 is 253 Å². The molecule has 0 saturated heterocycles. The molecule has 0 aromatic heterocycles. The van der Waals surface area contributed by atoms with E-state index in [1.54, 1.807) is 0 Å². The Morgan fingerprint density at radius 1 is 0.250 bits per heavy atom. The van der Waals surface area contributed by atoms with E-state index in [-0.39, 0.29) is 253 Å². The Bertz CT molecular complexity index is 160. The quantitative estimate of drug-likeness (QED) is 0.228. The second kappa shape index (κ2) is 39.8. The van der Waals surface area contributed by atoms with Crippen LogP contribution in [0.2, 0.25) is 0 Å². The number of hydrogen-bond acceptors (Lipinski definition) is 16. The molecule has 0 radical (unpaired) electrons. The molecule has 28 heavy (non-hydrogen) atoms. The molecule has 128 valence electrons. The van der Waals surface area contributed by atoms with Crippen LogP contribution in [0.25, 0.3) is 0 Å². The van der Waals surface area contributed by atoms with E-state index in [4.69, 9.17) is 76.7 Å². The van der Waals surface area contributed by atoms with Gasteiger partial charge in [-0.05, 0) is 0 Å². The van der Waals surface area contributed by atoms with Crippen LogP contribution in [0.3, 0.4) is 0 Å². The minimum absolute atomic E-state index is 0. The van der Waals surface area contributed by atoms with Crippen LogP contribution in [0.4, 0.5) is 0 Å². The van der Waals surface area contributed by atoms with Crippen molar-refractivity contribution in [1.82, 2.24) is 0 Å². The molecular weight excluding hydrogens is 617 g/mol. The van der Waals surface area contributed by atoms with Crippen molar-refractivity contribution in [3.8, 4) is 0 Å². The molecule has 0 aliphatic carbocycles. The fourth-order valence-corrected chi connectivity index (χ4v) is 0. The second-order valence-corrected chi connectivity index (χ2v) is 6.00. The van der Waals surface area contributed by atoms with Crippen LogP contribution in [0.1, 0.15) is 0 Å². The topological polar surface area (TPSA) is 369 Å². The van der Waals surface area contributed by atoms with E-state index in [1.807, 2.05) is 0 Å². The van der Waals surface area contributed by atoms with Gasteiger partial charge in [-0.25, -0.2) is 0 Å². The Hall–Kier alpha value is 8.27. The maximum Gasteiger partial charge on any atom is 3.00 e. The SMILES string of the molecule is [Al+3].[Al+3].[Al+3].[Al+3].[K+].[K+].[K+].[Na+].[O-][Si]([O-])([O-])[O-].[O-][Si]([O-])([O-])[O-].[O-][Si]([O-])([O-])[O-].[O-][Si]([O-])([O-])[O-]. The summed E-state index contributed by atoms with van der Waals surface area (Å²) in [6.45, 7) is 0. The third kappa shape index (κ3) is 555. The van der Waals surface area contributed by atoms with Crippen LogP contribution in [-0.2, 0) is 0 Å². The monoisotopic (exact) mass is 616 g/mol. The normalized spacial score (nSPS) is 8.57. The smallest absolute Gasteiger partial charge is 0.894 e. The van der Waals surface area contributed by atoms with Crippen molar-refractivity contribution in [2.24, 2.45) is 0 Å². The van der Waals surface area contributed by atoms with E-state index < -0.39 is 36.2 Å². The Morgan fingerprint density at radius 3 is 0.250 bits per heavy atom. The van der Waals surface area contributed by atoms with E-state index in [9.17, 15) is 0 Å². The minimum Gasteiger partial charge on any atom is -0.894 e. The van der Waals surface area contributed by atoms with Crippen LogP contribution in [0, 0.1) is 0 Å². The van der Waals surface area contributed by atoms with Crippen molar-refractivity contribution in [3.63, 3.8) is 0 Å². The van der Waals surface area contributed by atoms with Gasteiger partial charge in [0.05, 0.1) is 0 Å². The van der Waals surface area contributed by atoms with Gasteiger partial charge in [0.15, 0.2) is 0 Å². The van der Waals surface area contributed by atoms with Gasteiger partial charge in [-0.15, -0.1) is 0 Å². The summed E-state index contributed by atoms with van der Waals surface area (Å²) >= 11 is 0. The van der Waals surface area contributed by atoms with Gasteiger partial charge in [-0.1, -0.05) is 0 Å². The van der Waals surface area contributed by atoms with Crippen molar-refractivity contribution < 1.29 is 260 Å². The maximum absolute atomic E-state index is 8.58. The van der Waals surface area contributed by atoms with Crippen molar-refractivity contribution in [1.29, 1.82) is 0 Å². The standard InChI is InChI=1S/4Al.3K.Na.4O4Si/c;;;;;;;;4*1-5(2,3)4/q4*+3;4*+1;4*-4. The van der Waals surface area contributed by atoms with Crippen LogP contribution >= 0.6 is 0 Å². The first-order chi connectivity index (χ1) is 8.00. The fraction of sp³-hybridized carbons (Fsp3) is 0. The van der Waals surface area contributed by atoms with Crippen LogP contribution < -0.4 is 260 Å². The first-order valence-corrected chi connectivity index (χ1v) is 9.80. The van der Waals surface area contributed by atoms with Gasteiger partial charge < -0.3 is 113 Å². The minimum atomic E-state index is -5.61. The Kier molecular flexibility index (Phi) is 109. The molecule has 0 bridgehead atoms. The molecule has 0 spiro atoms. The van der Waals surface area contributed by atoms with E-state index in [1.165, 1.54) is 0 Å². The zero-order valence-electron chi connectivity index (χ0n) is 14.8. The summed E-state index contributed by atoms with van der Waals surface area (Å²) in [6, 6.07) is 0. The zero-order valence-corrected chi connectivity index (χ0v) is 34.8. The molecule has 0 aromatic rings. The summed E-state index contributed by atoms with van der Waals surface area (Å²) < 4.78 is 0. The van der Waals surface area contributed by atoms with Gasteiger partial charge in [0, 0.05) is 0 Å². The van der Waals surface area contributed by atoms with Crippen LogP contribution in [-0.4, -0.2) is 106 Å². The summed E-state index contributed by atoms with van der Waals surface area (Å²) in [5, 5.41) is 0. The second-order valence-electron chi connectivity index (χ2n) is 2.00. The van der Waals surface area contributed by atoms with Crippen LogP contribution in [0.15, 0.2) is 0 Å². The van der Waals surface area contributed by atoms with E-state index in [2.05, 4.69) is 0 Å². The van der Waals surface area contributed by atoms with Crippen LogP contribution in [0.5, 0.6) is 0 Å². The van der Waals surface area contributed by atoms with Crippen molar-refractivity contribution in [2.75, 3.05) is 0 Å². The summed E-state index contributed by atoms with van der Waals surface area (Å²) in [5.74, 6) is 0. The number of rotatable bonds is 0. The first kappa shape index (κ1) is 76.6. The van der Waals surface area contributed by atoms with Gasteiger partial charge in [0.2, 0.25) is 0 Å². The molecule has 0 aliphatic rings. The summed E-state index contributed by atoms with van der Waals surface area (Å²) in [4.78, 5) is 137. The molecule has 28 heteroatoms. The zero-order chi connectivity index (χ0) is 18.0. The largest absolute Gasteiger partial charge is 3.00 e. The van der Waals surface area contributed by atoms with Crippen molar-refractivity contribution >= 4 is 106 Å². The number of hydrogen-bond donors (Lipinski definition) is 0.